The lowest BCUT2D eigenvalue weighted by molar-refractivity contribution is 0.274. The van der Waals surface area contributed by atoms with Crippen molar-refractivity contribution in [2.75, 3.05) is 11.9 Å². The molecule has 0 saturated heterocycles. The van der Waals surface area contributed by atoms with Gasteiger partial charge in [0.05, 0.1) is 17.7 Å². The lowest BCUT2D eigenvalue weighted by Gasteiger charge is -2.28. The number of nitrogens with one attached hydrogen (secondary N) is 1. The second kappa shape index (κ2) is 5.43. The lowest BCUT2D eigenvalue weighted by Crippen LogP contribution is -2.20. The largest absolute Gasteiger partial charge is 0.508 e. The molecule has 2 N–H and O–H groups in total. The summed E-state index contributed by atoms with van der Waals surface area (Å²) in [7, 11) is 0. The van der Waals surface area contributed by atoms with Gasteiger partial charge in [-0.1, -0.05) is 23.2 Å². The predicted molar refractivity (Wildman–Crippen MR) is 81.0 cm³/mol. The van der Waals surface area contributed by atoms with E-state index in [1.807, 2.05) is 18.2 Å². The Morgan fingerprint density at radius 3 is 2.65 bits per heavy atom. The van der Waals surface area contributed by atoms with Gasteiger partial charge in [0.1, 0.15) is 11.5 Å². The molecule has 1 aliphatic heterocycles. The molecule has 0 aliphatic carbocycles. The van der Waals surface area contributed by atoms with E-state index in [9.17, 15) is 5.11 Å². The molecule has 0 amide bonds. The second-order valence-corrected chi connectivity index (χ2v) is 5.53. The van der Waals surface area contributed by atoms with Crippen molar-refractivity contribution < 1.29 is 9.84 Å². The SMILES string of the molecule is Oc1ccc(NC2CCOc3c(Cl)cc(Cl)cc32)cc1. The fourth-order valence-electron chi connectivity index (χ4n) is 2.33. The quantitative estimate of drug-likeness (QED) is 0.794. The van der Waals surface area contributed by atoms with Crippen LogP contribution in [0.25, 0.3) is 0 Å². The number of fused-ring (bicyclic) bond motifs is 1. The number of benzene rings is 2. The zero-order valence-corrected chi connectivity index (χ0v) is 12.1. The van der Waals surface area contributed by atoms with Gasteiger partial charge in [-0.15, -0.1) is 0 Å². The van der Waals surface area contributed by atoms with Gasteiger partial charge in [-0.25, -0.2) is 0 Å². The molecule has 2 aromatic rings. The average molecular weight is 310 g/mol. The van der Waals surface area contributed by atoms with E-state index >= 15 is 0 Å². The maximum Gasteiger partial charge on any atom is 0.143 e. The first-order valence-electron chi connectivity index (χ1n) is 6.31. The number of ether oxygens (including phenoxy) is 1. The third-order valence-electron chi connectivity index (χ3n) is 3.27. The Hall–Kier alpha value is -1.58. The minimum Gasteiger partial charge on any atom is -0.508 e. The predicted octanol–water partition coefficient (Wildman–Crippen LogP) is 4.63. The first-order chi connectivity index (χ1) is 9.63. The van der Waals surface area contributed by atoms with Crippen molar-refractivity contribution in [2.45, 2.75) is 12.5 Å². The van der Waals surface area contributed by atoms with E-state index in [-0.39, 0.29) is 11.8 Å². The van der Waals surface area contributed by atoms with E-state index in [1.54, 1.807) is 18.2 Å². The zero-order valence-electron chi connectivity index (χ0n) is 10.6. The monoisotopic (exact) mass is 309 g/mol. The van der Waals surface area contributed by atoms with Crippen molar-refractivity contribution in [3.8, 4) is 11.5 Å². The van der Waals surface area contributed by atoms with Gasteiger partial charge in [0.15, 0.2) is 0 Å². The third-order valence-corrected chi connectivity index (χ3v) is 3.77. The number of rotatable bonds is 2. The molecule has 3 rings (SSSR count). The minimum atomic E-state index is 0.0829. The number of hydrogen-bond donors (Lipinski definition) is 2. The van der Waals surface area contributed by atoms with Crippen LogP contribution in [0.5, 0.6) is 11.5 Å². The summed E-state index contributed by atoms with van der Waals surface area (Å²) in [6.07, 6.45) is 0.824. The smallest absolute Gasteiger partial charge is 0.143 e. The standard InChI is InChI=1S/C15H13Cl2NO2/c16-9-7-12-14(5-6-20-15(12)13(17)8-9)18-10-1-3-11(19)4-2-10/h1-4,7-8,14,18-19H,5-6H2. The van der Waals surface area contributed by atoms with Crippen molar-refractivity contribution in [1.29, 1.82) is 0 Å². The molecule has 104 valence electrons. The summed E-state index contributed by atoms with van der Waals surface area (Å²) in [5.74, 6) is 0.938. The van der Waals surface area contributed by atoms with E-state index < -0.39 is 0 Å². The summed E-state index contributed by atoms with van der Waals surface area (Å²) in [5.41, 5.74) is 1.89. The molecule has 1 atom stereocenters. The Morgan fingerprint density at radius 2 is 1.90 bits per heavy atom. The molecule has 1 aliphatic rings. The first kappa shape index (κ1) is 13.4. The molecule has 0 fully saturated rings. The zero-order chi connectivity index (χ0) is 14.1. The van der Waals surface area contributed by atoms with Crippen LogP contribution in [-0.2, 0) is 0 Å². The van der Waals surface area contributed by atoms with E-state index in [0.717, 1.165) is 17.7 Å². The number of aromatic hydroxyl groups is 1. The Kier molecular flexibility index (Phi) is 3.64. The molecule has 0 bridgehead atoms. The molecule has 1 heterocycles. The Balaban J connectivity index is 1.91. The van der Waals surface area contributed by atoms with Gasteiger partial charge < -0.3 is 15.2 Å². The van der Waals surface area contributed by atoms with Crippen LogP contribution < -0.4 is 10.1 Å². The summed E-state index contributed by atoms with van der Waals surface area (Å²) in [6, 6.07) is 10.6. The lowest BCUT2D eigenvalue weighted by atomic mass is 10.00. The highest BCUT2D eigenvalue weighted by molar-refractivity contribution is 6.35. The third kappa shape index (κ3) is 2.65. The molecule has 20 heavy (non-hydrogen) atoms. The molecule has 0 aromatic heterocycles. The van der Waals surface area contributed by atoms with E-state index in [2.05, 4.69) is 5.32 Å². The Bertz CT molecular complexity index is 629. The van der Waals surface area contributed by atoms with Crippen LogP contribution in [0.2, 0.25) is 10.0 Å². The fourth-order valence-corrected chi connectivity index (χ4v) is 2.90. The Labute approximate surface area is 127 Å². The summed E-state index contributed by atoms with van der Waals surface area (Å²) >= 11 is 12.2. The van der Waals surface area contributed by atoms with Gasteiger partial charge in [-0.3, -0.25) is 0 Å². The molecule has 2 aromatic carbocycles. The molecule has 3 nitrogen and oxygen atoms in total. The normalized spacial score (nSPS) is 17.2. The second-order valence-electron chi connectivity index (χ2n) is 4.69. The number of phenolic OH excluding ortho intramolecular Hbond substituents is 1. The van der Waals surface area contributed by atoms with E-state index in [4.69, 9.17) is 27.9 Å². The number of phenols is 1. The molecule has 5 heteroatoms. The summed E-state index contributed by atoms with van der Waals surface area (Å²) in [6.45, 7) is 0.601. The molecule has 0 saturated carbocycles. The minimum absolute atomic E-state index is 0.0829. The summed E-state index contributed by atoms with van der Waals surface area (Å²) < 4.78 is 5.63. The number of halogens is 2. The van der Waals surface area contributed by atoms with Crippen LogP contribution >= 0.6 is 23.2 Å². The number of anilines is 1. The van der Waals surface area contributed by atoms with Crippen LogP contribution in [0.1, 0.15) is 18.0 Å². The van der Waals surface area contributed by atoms with Crippen molar-refractivity contribution in [2.24, 2.45) is 0 Å². The molecule has 1 unspecified atom stereocenters. The highest BCUT2D eigenvalue weighted by Crippen LogP contribution is 2.41. The average Bonchev–Trinajstić information content (AvgIpc) is 2.42. The molecule has 0 spiro atoms. The van der Waals surface area contributed by atoms with Gasteiger partial charge in [0.2, 0.25) is 0 Å². The fraction of sp³-hybridized carbons (Fsp3) is 0.200. The van der Waals surface area contributed by atoms with E-state index in [0.29, 0.717) is 22.4 Å². The summed E-state index contributed by atoms with van der Waals surface area (Å²) in [4.78, 5) is 0. The van der Waals surface area contributed by atoms with E-state index in [1.165, 1.54) is 0 Å². The highest BCUT2D eigenvalue weighted by Gasteiger charge is 2.24. The van der Waals surface area contributed by atoms with Crippen molar-refractivity contribution in [1.82, 2.24) is 0 Å². The van der Waals surface area contributed by atoms with Gasteiger partial charge in [-0.2, -0.15) is 0 Å². The van der Waals surface area contributed by atoms with Crippen molar-refractivity contribution >= 4 is 28.9 Å². The Morgan fingerprint density at radius 1 is 1.15 bits per heavy atom. The van der Waals surface area contributed by atoms with Crippen LogP contribution in [-0.4, -0.2) is 11.7 Å². The maximum atomic E-state index is 9.31. The molecule has 0 radical (unpaired) electrons. The van der Waals surface area contributed by atoms with Crippen LogP contribution in [0.4, 0.5) is 5.69 Å². The summed E-state index contributed by atoms with van der Waals surface area (Å²) in [5, 5.41) is 13.8. The highest BCUT2D eigenvalue weighted by atomic mass is 35.5. The molecular formula is C15H13Cl2NO2. The van der Waals surface area contributed by atoms with Gasteiger partial charge in [-0.05, 0) is 36.4 Å². The van der Waals surface area contributed by atoms with Gasteiger partial charge >= 0.3 is 0 Å². The van der Waals surface area contributed by atoms with Crippen molar-refractivity contribution in [3.63, 3.8) is 0 Å². The van der Waals surface area contributed by atoms with Crippen LogP contribution in [0.3, 0.4) is 0 Å². The molecular weight excluding hydrogens is 297 g/mol. The van der Waals surface area contributed by atoms with Crippen molar-refractivity contribution in [3.05, 3.63) is 52.0 Å². The van der Waals surface area contributed by atoms with Crippen LogP contribution in [0.15, 0.2) is 36.4 Å². The van der Waals surface area contributed by atoms with Gasteiger partial charge in [0, 0.05) is 22.7 Å². The number of hydrogen-bond acceptors (Lipinski definition) is 3. The van der Waals surface area contributed by atoms with Crippen LogP contribution in [0, 0.1) is 0 Å². The maximum absolute atomic E-state index is 9.31. The first-order valence-corrected chi connectivity index (χ1v) is 7.06. The van der Waals surface area contributed by atoms with Gasteiger partial charge in [0.25, 0.3) is 0 Å². The topological polar surface area (TPSA) is 41.5 Å².